The van der Waals surface area contributed by atoms with Crippen molar-refractivity contribution in [1.29, 1.82) is 0 Å². The maximum absolute atomic E-state index is 2.35. The van der Waals surface area contributed by atoms with Crippen molar-refractivity contribution in [2.45, 2.75) is 79.1 Å². The number of hydrogen-bond donors (Lipinski definition) is 0. The normalized spacial score (nSPS) is 11.3. The van der Waals surface area contributed by atoms with Crippen molar-refractivity contribution in [3.63, 3.8) is 0 Å². The van der Waals surface area contributed by atoms with E-state index in [0.29, 0.717) is 5.92 Å². The molecule has 0 aliphatic heterocycles. The molecule has 0 aliphatic carbocycles. The first-order valence-corrected chi connectivity index (χ1v) is 15.4. The van der Waals surface area contributed by atoms with Crippen molar-refractivity contribution in [3.05, 3.63) is 146 Å². The Kier molecular flexibility index (Phi) is 12.8. The van der Waals surface area contributed by atoms with Gasteiger partial charge in [-0.2, -0.15) is 12.1 Å². The first kappa shape index (κ1) is 38.2. The zero-order valence-corrected chi connectivity index (χ0v) is 31.9. The second-order valence-electron chi connectivity index (χ2n) is 14.2. The topological polar surface area (TPSA) is 0 Å². The third-order valence-electron chi connectivity index (χ3n) is 8.46. The van der Waals surface area contributed by atoms with Gasteiger partial charge in [0.1, 0.15) is 0 Å². The monoisotopic (exact) mass is 670 g/mol. The molecule has 0 unspecified atom stereocenters. The quantitative estimate of drug-likeness (QED) is 0.164. The zero-order chi connectivity index (χ0) is 30.2. The van der Waals surface area contributed by atoms with Gasteiger partial charge >= 0.3 is 26.2 Å². The smallest absolute Gasteiger partial charge is 0.358 e. The molecule has 1 heteroatoms. The van der Waals surface area contributed by atoms with Crippen LogP contribution in [0.5, 0.6) is 0 Å². The number of benzene rings is 4. The van der Waals surface area contributed by atoms with Gasteiger partial charge in [0.2, 0.25) is 0 Å². The predicted molar refractivity (Wildman–Crippen MR) is 199 cm³/mol. The molecule has 0 spiro atoms. The van der Waals surface area contributed by atoms with Crippen LogP contribution in [0.1, 0.15) is 83.6 Å². The molecular formula is C44H52Zr. The molecule has 0 heterocycles. The minimum Gasteiger partial charge on any atom is -0.358 e. The minimum absolute atomic E-state index is 0. The number of hydrogen-bond acceptors (Lipinski definition) is 0. The van der Waals surface area contributed by atoms with Crippen LogP contribution in [-0.4, -0.2) is 0 Å². The van der Waals surface area contributed by atoms with Crippen molar-refractivity contribution < 1.29 is 26.2 Å². The molecule has 232 valence electrons. The molecule has 0 atom stereocenters. The molecule has 0 saturated carbocycles. The Morgan fingerprint density at radius 1 is 0.533 bits per heavy atom. The third kappa shape index (κ3) is 8.62. The summed E-state index contributed by atoms with van der Waals surface area (Å²) >= 11 is 0. The van der Waals surface area contributed by atoms with Crippen molar-refractivity contribution in [2.75, 3.05) is 0 Å². The Balaban J connectivity index is 0.000000295. The molecule has 6 rings (SSSR count). The van der Waals surface area contributed by atoms with Crippen molar-refractivity contribution in [1.82, 2.24) is 0 Å². The Morgan fingerprint density at radius 3 is 1.33 bits per heavy atom. The summed E-state index contributed by atoms with van der Waals surface area (Å²) in [5.74, 6) is 0.573. The molecule has 0 fully saturated rings. The summed E-state index contributed by atoms with van der Waals surface area (Å²) in [7, 11) is 0. The Morgan fingerprint density at radius 2 is 0.933 bits per heavy atom. The first-order valence-electron chi connectivity index (χ1n) is 15.4. The SMILES string of the molecule is CC(C)c1cc2c(-c3ccc(C(C)(C)C)cc3)cccc2[cH-]1.Cc1cc2c(-c3ccc(C(C)(C)C)cc3)cccc2[cH-]1.[CH3-].[CH3-].[Zr+4]. The average molecular weight is 672 g/mol. The van der Waals surface area contributed by atoms with E-state index >= 15 is 0 Å². The van der Waals surface area contributed by atoms with Gasteiger partial charge in [-0.15, -0.1) is 69.1 Å². The number of rotatable bonds is 3. The fourth-order valence-electron chi connectivity index (χ4n) is 5.78. The summed E-state index contributed by atoms with van der Waals surface area (Å²) in [5, 5.41) is 5.41. The van der Waals surface area contributed by atoms with Crippen LogP contribution in [0.2, 0.25) is 0 Å². The molecule has 0 bridgehead atoms. The van der Waals surface area contributed by atoms with Crippen molar-refractivity contribution >= 4 is 21.5 Å². The van der Waals surface area contributed by atoms with Crippen LogP contribution < -0.4 is 0 Å². The molecule has 6 aromatic rings. The molecule has 0 nitrogen and oxygen atoms in total. The van der Waals surface area contributed by atoms with Crippen LogP contribution in [0.4, 0.5) is 0 Å². The summed E-state index contributed by atoms with van der Waals surface area (Å²) in [6.45, 7) is 20.2. The van der Waals surface area contributed by atoms with E-state index in [0.717, 1.165) is 0 Å². The molecule has 0 aliphatic rings. The van der Waals surface area contributed by atoms with E-state index in [-0.39, 0.29) is 51.9 Å². The van der Waals surface area contributed by atoms with E-state index in [1.54, 1.807) is 0 Å². The van der Waals surface area contributed by atoms with Crippen LogP contribution in [0.3, 0.4) is 0 Å². The molecule has 0 aromatic heterocycles. The predicted octanol–water partition coefficient (Wildman–Crippen LogP) is 13.4. The minimum atomic E-state index is 0. The van der Waals surface area contributed by atoms with Gasteiger partial charge in [-0.1, -0.05) is 134 Å². The van der Waals surface area contributed by atoms with E-state index in [1.165, 1.54) is 66.1 Å². The molecule has 0 saturated heterocycles. The molecule has 0 N–H and O–H groups in total. The summed E-state index contributed by atoms with van der Waals surface area (Å²) < 4.78 is 0. The first-order chi connectivity index (χ1) is 19.8. The van der Waals surface area contributed by atoms with Crippen molar-refractivity contribution in [3.8, 4) is 22.3 Å². The molecule has 6 aromatic carbocycles. The van der Waals surface area contributed by atoms with E-state index in [9.17, 15) is 0 Å². The summed E-state index contributed by atoms with van der Waals surface area (Å²) in [4.78, 5) is 0. The fourth-order valence-corrected chi connectivity index (χ4v) is 5.78. The van der Waals surface area contributed by atoms with E-state index in [4.69, 9.17) is 0 Å². The van der Waals surface area contributed by atoms with Gasteiger partial charge in [-0.25, -0.2) is 0 Å². The molecular weight excluding hydrogens is 620 g/mol. The molecule has 0 radical (unpaired) electrons. The Hall–Kier alpha value is -3.02. The van der Waals surface area contributed by atoms with E-state index < -0.39 is 0 Å². The van der Waals surface area contributed by atoms with Gasteiger partial charge in [0, 0.05) is 0 Å². The van der Waals surface area contributed by atoms with Crippen molar-refractivity contribution in [2.24, 2.45) is 0 Å². The van der Waals surface area contributed by atoms with Crippen LogP contribution in [0.25, 0.3) is 43.8 Å². The summed E-state index contributed by atoms with van der Waals surface area (Å²) in [5.41, 5.74) is 11.2. The number of aryl methyl sites for hydroxylation is 1. The van der Waals surface area contributed by atoms with Gasteiger partial charge in [0.15, 0.2) is 0 Å². The van der Waals surface area contributed by atoms with Gasteiger partial charge in [-0.3, -0.25) is 0 Å². The van der Waals surface area contributed by atoms with Crippen LogP contribution in [-0.2, 0) is 37.0 Å². The van der Waals surface area contributed by atoms with E-state index in [2.05, 4.69) is 172 Å². The summed E-state index contributed by atoms with van der Waals surface area (Å²) in [6, 6.07) is 40.4. The zero-order valence-electron chi connectivity index (χ0n) is 29.5. The maximum atomic E-state index is 2.35. The van der Waals surface area contributed by atoms with Crippen LogP contribution >= 0.6 is 0 Å². The largest absolute Gasteiger partial charge is 4.00 e. The second-order valence-corrected chi connectivity index (χ2v) is 14.2. The number of fused-ring (bicyclic) bond motifs is 2. The van der Waals surface area contributed by atoms with Gasteiger partial charge in [0.25, 0.3) is 0 Å². The van der Waals surface area contributed by atoms with Gasteiger partial charge in [-0.05, 0) is 39.0 Å². The molecule has 45 heavy (non-hydrogen) atoms. The molecule has 0 amide bonds. The van der Waals surface area contributed by atoms with Crippen LogP contribution in [0, 0.1) is 21.8 Å². The second kappa shape index (κ2) is 15.0. The van der Waals surface area contributed by atoms with Gasteiger partial charge in [0.05, 0.1) is 0 Å². The third-order valence-corrected chi connectivity index (χ3v) is 8.46. The summed E-state index contributed by atoms with van der Waals surface area (Å²) in [6.07, 6.45) is 0. The van der Waals surface area contributed by atoms with Gasteiger partial charge < -0.3 is 14.9 Å². The van der Waals surface area contributed by atoms with E-state index in [1.807, 2.05) is 0 Å². The average Bonchev–Trinajstić information content (AvgIpc) is 3.55. The van der Waals surface area contributed by atoms with Crippen LogP contribution in [0.15, 0.2) is 109 Å². The Labute approximate surface area is 293 Å². The standard InChI is InChI=1S/C22H25.C20H21.2CH3.Zr/c1-15(2)18-13-17-7-6-8-20(21(17)14-18)16-9-11-19(12-10-16)22(3,4)5;1-14-12-16-6-5-7-18(19(16)13-14)15-8-10-17(11-9-15)20(2,3)4;;;/h6-15H,1-5H3;5-13H,1-4H3;2*1H3;/q4*-1;+4. The Bertz CT molecular complexity index is 1790. The maximum Gasteiger partial charge on any atom is 4.00 e. The fraction of sp³-hybridized carbons (Fsp3) is 0.273.